The molecule has 0 spiro atoms. The van der Waals surface area contributed by atoms with Crippen LogP contribution < -0.4 is 5.32 Å². The molecule has 3 rings (SSSR count). The van der Waals surface area contributed by atoms with Gasteiger partial charge in [0.2, 0.25) is 0 Å². The Labute approximate surface area is 111 Å². The lowest BCUT2D eigenvalue weighted by Crippen LogP contribution is -2.00. The van der Waals surface area contributed by atoms with Crippen molar-refractivity contribution >= 4 is 16.7 Å². The predicted octanol–water partition coefficient (Wildman–Crippen LogP) is 3.12. The fourth-order valence-electron chi connectivity index (χ4n) is 1.98. The van der Waals surface area contributed by atoms with Gasteiger partial charge in [-0.1, -0.05) is 24.3 Å². The van der Waals surface area contributed by atoms with Gasteiger partial charge in [-0.05, 0) is 19.1 Å². The molecule has 0 fully saturated rings. The Morgan fingerprint density at radius 1 is 1.00 bits per heavy atom. The molecule has 2 aromatic heterocycles. The second kappa shape index (κ2) is 5.02. The molecule has 0 atom stereocenters. The minimum absolute atomic E-state index is 0.822. The van der Waals surface area contributed by atoms with Crippen LogP contribution in [0, 0.1) is 0 Å². The van der Waals surface area contributed by atoms with E-state index >= 15 is 0 Å². The van der Waals surface area contributed by atoms with E-state index in [2.05, 4.69) is 32.4 Å². The molecule has 3 aromatic rings. The van der Waals surface area contributed by atoms with Gasteiger partial charge in [-0.25, -0.2) is 15.0 Å². The average molecular weight is 250 g/mol. The zero-order chi connectivity index (χ0) is 13.1. The molecule has 1 aromatic carbocycles. The van der Waals surface area contributed by atoms with Crippen molar-refractivity contribution in [1.29, 1.82) is 0 Å². The summed E-state index contributed by atoms with van der Waals surface area (Å²) in [4.78, 5) is 13.1. The molecule has 0 radical (unpaired) electrons. The third-order valence-corrected chi connectivity index (χ3v) is 2.89. The highest BCUT2D eigenvalue weighted by molar-refractivity contribution is 5.81. The minimum Gasteiger partial charge on any atom is -0.370 e. The lowest BCUT2D eigenvalue weighted by atomic mass is 10.2. The summed E-state index contributed by atoms with van der Waals surface area (Å²) in [5, 5.41) is 4.31. The van der Waals surface area contributed by atoms with E-state index < -0.39 is 0 Å². The summed E-state index contributed by atoms with van der Waals surface area (Å²) >= 11 is 0. The molecule has 2 heterocycles. The molecule has 94 valence electrons. The summed E-state index contributed by atoms with van der Waals surface area (Å²) in [5.74, 6) is 0.822. The van der Waals surface area contributed by atoms with Crippen LogP contribution in [-0.4, -0.2) is 21.5 Å². The van der Waals surface area contributed by atoms with E-state index in [4.69, 9.17) is 0 Å². The highest BCUT2D eigenvalue weighted by Crippen LogP contribution is 2.20. The fourth-order valence-corrected chi connectivity index (χ4v) is 1.98. The van der Waals surface area contributed by atoms with Crippen molar-refractivity contribution in [2.24, 2.45) is 0 Å². The topological polar surface area (TPSA) is 50.7 Å². The van der Waals surface area contributed by atoms with Crippen LogP contribution in [0.1, 0.15) is 6.92 Å². The van der Waals surface area contributed by atoms with Crippen LogP contribution in [0.25, 0.3) is 22.3 Å². The quantitative estimate of drug-likeness (QED) is 0.776. The number of nitrogens with one attached hydrogen (secondary N) is 1. The van der Waals surface area contributed by atoms with Crippen LogP contribution in [0.4, 0.5) is 5.82 Å². The first kappa shape index (κ1) is 11.6. The molecule has 0 saturated heterocycles. The largest absolute Gasteiger partial charge is 0.370 e. The first-order valence-electron chi connectivity index (χ1n) is 6.29. The Morgan fingerprint density at radius 2 is 1.89 bits per heavy atom. The molecule has 19 heavy (non-hydrogen) atoms. The van der Waals surface area contributed by atoms with E-state index in [1.807, 2.05) is 37.3 Å². The van der Waals surface area contributed by atoms with Gasteiger partial charge in [0, 0.05) is 18.0 Å². The Kier molecular flexibility index (Phi) is 3.06. The zero-order valence-electron chi connectivity index (χ0n) is 10.7. The number of fused-ring (bicyclic) bond motifs is 1. The number of para-hydroxylation sites is 1. The summed E-state index contributed by atoms with van der Waals surface area (Å²) in [6, 6.07) is 14.0. The number of aromatic nitrogens is 3. The van der Waals surface area contributed by atoms with Gasteiger partial charge >= 0.3 is 0 Å². The van der Waals surface area contributed by atoms with Gasteiger partial charge < -0.3 is 5.32 Å². The highest BCUT2D eigenvalue weighted by atomic mass is 15.0. The maximum absolute atomic E-state index is 4.63. The molecule has 0 aliphatic carbocycles. The zero-order valence-corrected chi connectivity index (χ0v) is 10.7. The molecule has 0 bridgehead atoms. The predicted molar refractivity (Wildman–Crippen MR) is 76.9 cm³/mol. The van der Waals surface area contributed by atoms with Gasteiger partial charge in [-0.3, -0.25) is 0 Å². The Balaban J connectivity index is 2.05. The third kappa shape index (κ3) is 2.38. The van der Waals surface area contributed by atoms with Crippen molar-refractivity contribution in [1.82, 2.24) is 15.0 Å². The van der Waals surface area contributed by atoms with Gasteiger partial charge in [0.05, 0.1) is 16.9 Å². The van der Waals surface area contributed by atoms with E-state index in [9.17, 15) is 0 Å². The van der Waals surface area contributed by atoms with Crippen molar-refractivity contribution in [3.8, 4) is 11.4 Å². The summed E-state index contributed by atoms with van der Waals surface area (Å²) in [6.07, 6.45) is 1.56. The van der Waals surface area contributed by atoms with Gasteiger partial charge in [0.25, 0.3) is 0 Å². The standard InChI is InChI=1S/C15H14N4/c1-2-16-15-9-14(17-10-18-15)13-8-7-11-5-3-4-6-12(11)19-13/h3-10H,2H2,1H3,(H,16,17,18). The van der Waals surface area contributed by atoms with E-state index in [1.165, 1.54) is 0 Å². The Hall–Kier alpha value is -2.49. The van der Waals surface area contributed by atoms with E-state index in [1.54, 1.807) is 6.33 Å². The number of hydrogen-bond acceptors (Lipinski definition) is 4. The van der Waals surface area contributed by atoms with Crippen LogP contribution in [0.3, 0.4) is 0 Å². The van der Waals surface area contributed by atoms with Crippen molar-refractivity contribution in [2.75, 3.05) is 11.9 Å². The SMILES string of the molecule is CCNc1cc(-c2ccc3ccccc3n2)ncn1. The van der Waals surface area contributed by atoms with Crippen molar-refractivity contribution in [2.45, 2.75) is 6.92 Å². The lowest BCUT2D eigenvalue weighted by Gasteiger charge is -2.05. The third-order valence-electron chi connectivity index (χ3n) is 2.89. The second-order valence-corrected chi connectivity index (χ2v) is 4.21. The number of hydrogen-bond donors (Lipinski definition) is 1. The number of rotatable bonds is 3. The summed E-state index contributed by atoms with van der Waals surface area (Å²) < 4.78 is 0. The van der Waals surface area contributed by atoms with Gasteiger partial charge in [0.1, 0.15) is 12.1 Å². The molecule has 1 N–H and O–H groups in total. The molecular formula is C15H14N4. The normalized spacial score (nSPS) is 10.6. The number of anilines is 1. The highest BCUT2D eigenvalue weighted by Gasteiger charge is 2.04. The van der Waals surface area contributed by atoms with Gasteiger partial charge in [-0.2, -0.15) is 0 Å². The molecule has 4 heteroatoms. The van der Waals surface area contributed by atoms with Gasteiger partial charge in [0.15, 0.2) is 0 Å². The fraction of sp³-hybridized carbons (Fsp3) is 0.133. The van der Waals surface area contributed by atoms with E-state index in [0.29, 0.717) is 0 Å². The van der Waals surface area contributed by atoms with Crippen LogP contribution >= 0.6 is 0 Å². The molecule has 4 nitrogen and oxygen atoms in total. The molecule has 0 unspecified atom stereocenters. The maximum atomic E-state index is 4.63. The van der Waals surface area contributed by atoms with Crippen molar-refractivity contribution < 1.29 is 0 Å². The van der Waals surface area contributed by atoms with Crippen LogP contribution in [0.2, 0.25) is 0 Å². The Bertz CT molecular complexity index is 709. The molecule has 0 amide bonds. The van der Waals surface area contributed by atoms with Gasteiger partial charge in [-0.15, -0.1) is 0 Å². The minimum atomic E-state index is 0.822. The number of pyridine rings is 1. The van der Waals surface area contributed by atoms with Crippen molar-refractivity contribution in [3.05, 3.63) is 48.8 Å². The molecule has 0 saturated carbocycles. The molecular weight excluding hydrogens is 236 g/mol. The maximum Gasteiger partial charge on any atom is 0.130 e. The van der Waals surface area contributed by atoms with E-state index in [0.717, 1.165) is 34.7 Å². The number of nitrogens with zero attached hydrogens (tertiary/aromatic N) is 3. The van der Waals surface area contributed by atoms with Crippen LogP contribution in [-0.2, 0) is 0 Å². The molecule has 0 aliphatic rings. The summed E-state index contributed by atoms with van der Waals surface area (Å²) in [7, 11) is 0. The summed E-state index contributed by atoms with van der Waals surface area (Å²) in [5.41, 5.74) is 2.67. The lowest BCUT2D eigenvalue weighted by molar-refractivity contribution is 1.11. The first-order chi connectivity index (χ1) is 9.36. The van der Waals surface area contributed by atoms with Crippen LogP contribution in [0.5, 0.6) is 0 Å². The number of benzene rings is 1. The van der Waals surface area contributed by atoms with E-state index in [-0.39, 0.29) is 0 Å². The smallest absolute Gasteiger partial charge is 0.130 e. The van der Waals surface area contributed by atoms with Crippen LogP contribution in [0.15, 0.2) is 48.8 Å². The first-order valence-corrected chi connectivity index (χ1v) is 6.29. The second-order valence-electron chi connectivity index (χ2n) is 4.21. The summed E-state index contributed by atoms with van der Waals surface area (Å²) in [6.45, 7) is 2.87. The average Bonchev–Trinajstić information content (AvgIpc) is 2.47. The Morgan fingerprint density at radius 3 is 2.79 bits per heavy atom. The monoisotopic (exact) mass is 250 g/mol. The van der Waals surface area contributed by atoms with Crippen molar-refractivity contribution in [3.63, 3.8) is 0 Å². The molecule has 0 aliphatic heterocycles.